The van der Waals surface area contributed by atoms with Crippen LogP contribution in [0, 0.1) is 17.0 Å². The molecule has 1 amide bonds. The van der Waals surface area contributed by atoms with Crippen molar-refractivity contribution in [1.82, 2.24) is 0 Å². The molecule has 6 nitrogen and oxygen atoms in total. The molecule has 0 saturated carbocycles. The first kappa shape index (κ1) is 20.8. The number of sulfonamides is 1. The second-order valence-electron chi connectivity index (χ2n) is 7.24. The average molecular weight is 422 g/mol. The molecule has 29 heavy (non-hydrogen) atoms. The van der Waals surface area contributed by atoms with Crippen molar-refractivity contribution in [3.05, 3.63) is 60.7 Å². The van der Waals surface area contributed by atoms with Gasteiger partial charge in [0.2, 0.25) is 5.91 Å². The molecule has 0 bridgehead atoms. The molecule has 1 heterocycles. The quantitative estimate of drug-likeness (QED) is 0.746. The van der Waals surface area contributed by atoms with E-state index in [1.54, 1.807) is 26.0 Å². The van der Waals surface area contributed by atoms with E-state index >= 15 is 0 Å². The molecule has 0 saturated heterocycles. The first-order valence-electron chi connectivity index (χ1n) is 8.73. The SMILES string of the molecule is C=CCN1C(=O)C(C)(C)COc2cc(NS(=O)(=O)c3ccc(F)c(F)c3)ccc21. The number of anilines is 2. The molecule has 0 spiro atoms. The van der Waals surface area contributed by atoms with Gasteiger partial charge in [-0.3, -0.25) is 9.52 Å². The van der Waals surface area contributed by atoms with Gasteiger partial charge in [0.1, 0.15) is 12.4 Å². The van der Waals surface area contributed by atoms with Gasteiger partial charge >= 0.3 is 0 Å². The van der Waals surface area contributed by atoms with E-state index in [0.29, 0.717) is 17.5 Å². The van der Waals surface area contributed by atoms with E-state index in [1.165, 1.54) is 17.0 Å². The Morgan fingerprint density at radius 2 is 1.93 bits per heavy atom. The Kier molecular flexibility index (Phi) is 5.36. The van der Waals surface area contributed by atoms with Crippen LogP contribution in [0.5, 0.6) is 5.75 Å². The maximum absolute atomic E-state index is 13.4. The zero-order valence-corrected chi connectivity index (χ0v) is 16.7. The number of nitrogens with zero attached hydrogens (tertiary/aromatic N) is 1. The Hall–Kier alpha value is -2.94. The van der Waals surface area contributed by atoms with Crippen molar-refractivity contribution >= 4 is 27.3 Å². The molecular formula is C20H20F2N2O4S. The fourth-order valence-corrected chi connectivity index (χ4v) is 3.94. The normalized spacial score (nSPS) is 15.9. The number of carbonyl (C=O) groups excluding carboxylic acids is 1. The predicted octanol–water partition coefficient (Wildman–Crippen LogP) is 3.70. The summed E-state index contributed by atoms with van der Waals surface area (Å²) in [6.07, 6.45) is 1.59. The van der Waals surface area contributed by atoms with Crippen LogP contribution >= 0.6 is 0 Å². The molecule has 0 unspecified atom stereocenters. The van der Waals surface area contributed by atoms with Crippen LogP contribution in [0.2, 0.25) is 0 Å². The van der Waals surface area contributed by atoms with Gasteiger partial charge in [-0.25, -0.2) is 17.2 Å². The van der Waals surface area contributed by atoms with Crippen molar-refractivity contribution in [2.45, 2.75) is 18.7 Å². The summed E-state index contributed by atoms with van der Waals surface area (Å²) in [5, 5.41) is 0. The molecule has 3 rings (SSSR count). The highest BCUT2D eigenvalue weighted by atomic mass is 32.2. The van der Waals surface area contributed by atoms with Gasteiger partial charge in [-0.2, -0.15) is 0 Å². The topological polar surface area (TPSA) is 75.7 Å². The standard InChI is InChI=1S/C20H20F2N2O4S/c1-4-9-24-17-8-5-13(10-18(17)28-12-20(2,3)19(24)25)23-29(26,27)14-6-7-15(21)16(22)11-14/h4-8,10-11,23H,1,9,12H2,2-3H3. The van der Waals surface area contributed by atoms with Crippen molar-refractivity contribution in [2.24, 2.45) is 5.41 Å². The zero-order chi connectivity index (χ0) is 21.4. The van der Waals surface area contributed by atoms with E-state index < -0.39 is 32.0 Å². The maximum atomic E-state index is 13.4. The fraction of sp³-hybridized carbons (Fsp3) is 0.250. The highest BCUT2D eigenvalue weighted by molar-refractivity contribution is 7.92. The minimum Gasteiger partial charge on any atom is -0.490 e. The summed E-state index contributed by atoms with van der Waals surface area (Å²) in [6.45, 7) is 7.54. The van der Waals surface area contributed by atoms with E-state index in [9.17, 15) is 22.0 Å². The van der Waals surface area contributed by atoms with Gasteiger partial charge in [0.05, 0.1) is 21.7 Å². The Bertz CT molecular complexity index is 1080. The first-order chi connectivity index (χ1) is 13.5. The van der Waals surface area contributed by atoms with Crippen molar-refractivity contribution in [1.29, 1.82) is 0 Å². The number of amides is 1. The summed E-state index contributed by atoms with van der Waals surface area (Å²) >= 11 is 0. The van der Waals surface area contributed by atoms with Gasteiger partial charge in [0.25, 0.3) is 10.0 Å². The largest absolute Gasteiger partial charge is 0.490 e. The molecule has 0 aliphatic carbocycles. The number of hydrogen-bond acceptors (Lipinski definition) is 4. The second-order valence-corrected chi connectivity index (χ2v) is 8.92. The predicted molar refractivity (Wildman–Crippen MR) is 105 cm³/mol. The number of ether oxygens (including phenoxy) is 1. The summed E-state index contributed by atoms with van der Waals surface area (Å²) in [6, 6.07) is 6.77. The van der Waals surface area contributed by atoms with Crippen LogP contribution in [0.4, 0.5) is 20.2 Å². The lowest BCUT2D eigenvalue weighted by Crippen LogP contribution is -2.42. The van der Waals surface area contributed by atoms with E-state index in [4.69, 9.17) is 4.74 Å². The van der Waals surface area contributed by atoms with Gasteiger partial charge in [0.15, 0.2) is 11.6 Å². The highest BCUT2D eigenvalue weighted by Crippen LogP contribution is 2.38. The summed E-state index contributed by atoms with van der Waals surface area (Å²) in [5.41, 5.74) is -0.150. The third-order valence-corrected chi connectivity index (χ3v) is 5.81. The molecule has 0 radical (unpaired) electrons. The Labute approximate surface area is 167 Å². The maximum Gasteiger partial charge on any atom is 0.262 e. The van der Waals surface area contributed by atoms with Crippen LogP contribution in [0.3, 0.4) is 0 Å². The molecule has 0 aromatic heterocycles. The van der Waals surface area contributed by atoms with Gasteiger partial charge < -0.3 is 9.64 Å². The van der Waals surface area contributed by atoms with Crippen LogP contribution in [0.1, 0.15) is 13.8 Å². The van der Waals surface area contributed by atoms with Gasteiger partial charge in [-0.1, -0.05) is 6.08 Å². The minimum atomic E-state index is -4.15. The Balaban J connectivity index is 1.96. The molecule has 1 aliphatic rings. The molecule has 0 atom stereocenters. The number of benzene rings is 2. The van der Waals surface area contributed by atoms with Crippen LogP contribution in [-0.4, -0.2) is 27.5 Å². The number of rotatable bonds is 5. The van der Waals surface area contributed by atoms with Crippen LogP contribution in [0.15, 0.2) is 53.9 Å². The van der Waals surface area contributed by atoms with Gasteiger partial charge in [-0.05, 0) is 44.2 Å². The van der Waals surface area contributed by atoms with Crippen molar-refractivity contribution in [2.75, 3.05) is 22.8 Å². The van der Waals surface area contributed by atoms with Crippen LogP contribution in [-0.2, 0) is 14.8 Å². The summed E-state index contributed by atoms with van der Waals surface area (Å²) in [5.74, 6) is -2.24. The lowest BCUT2D eigenvalue weighted by atomic mass is 9.93. The van der Waals surface area contributed by atoms with Crippen LogP contribution in [0.25, 0.3) is 0 Å². The van der Waals surface area contributed by atoms with Crippen molar-refractivity contribution < 1.29 is 26.7 Å². The zero-order valence-electron chi connectivity index (χ0n) is 15.9. The second kappa shape index (κ2) is 7.47. The summed E-state index contributed by atoms with van der Waals surface area (Å²) in [7, 11) is -4.15. The van der Waals surface area contributed by atoms with E-state index in [2.05, 4.69) is 11.3 Å². The fourth-order valence-electron chi connectivity index (χ4n) is 2.88. The Morgan fingerprint density at radius 1 is 1.21 bits per heavy atom. The number of hydrogen-bond donors (Lipinski definition) is 1. The smallest absolute Gasteiger partial charge is 0.262 e. The van der Waals surface area contributed by atoms with Crippen molar-refractivity contribution in [3.63, 3.8) is 0 Å². The number of halogens is 2. The third kappa shape index (κ3) is 4.09. The monoisotopic (exact) mass is 422 g/mol. The number of carbonyl (C=O) groups is 1. The van der Waals surface area contributed by atoms with Gasteiger partial charge in [0, 0.05) is 12.6 Å². The lowest BCUT2D eigenvalue weighted by molar-refractivity contribution is -0.127. The molecule has 1 aliphatic heterocycles. The van der Waals surface area contributed by atoms with Crippen LogP contribution < -0.4 is 14.4 Å². The summed E-state index contributed by atoms with van der Waals surface area (Å²) in [4.78, 5) is 13.9. The Morgan fingerprint density at radius 3 is 2.59 bits per heavy atom. The lowest BCUT2D eigenvalue weighted by Gasteiger charge is -2.27. The van der Waals surface area contributed by atoms with E-state index in [-0.39, 0.29) is 24.7 Å². The molecular weight excluding hydrogens is 402 g/mol. The third-order valence-electron chi connectivity index (χ3n) is 4.43. The molecule has 1 N–H and O–H groups in total. The molecule has 2 aromatic rings. The molecule has 0 fully saturated rings. The number of fused-ring (bicyclic) bond motifs is 1. The van der Waals surface area contributed by atoms with Crippen molar-refractivity contribution in [3.8, 4) is 5.75 Å². The molecule has 154 valence electrons. The number of nitrogens with one attached hydrogen (secondary N) is 1. The average Bonchev–Trinajstić information content (AvgIpc) is 2.74. The van der Waals surface area contributed by atoms with E-state index in [1.807, 2.05) is 0 Å². The highest BCUT2D eigenvalue weighted by Gasteiger charge is 2.37. The molecule has 9 heteroatoms. The first-order valence-corrected chi connectivity index (χ1v) is 10.2. The van der Waals surface area contributed by atoms with Gasteiger partial charge in [-0.15, -0.1) is 6.58 Å². The van der Waals surface area contributed by atoms with E-state index in [0.717, 1.165) is 12.1 Å². The minimum absolute atomic E-state index is 0.103. The summed E-state index contributed by atoms with van der Waals surface area (Å²) < 4.78 is 59.6. The molecule has 2 aromatic carbocycles.